The molecule has 1 aromatic rings. The summed E-state index contributed by atoms with van der Waals surface area (Å²) in [6, 6.07) is 9.01. The van der Waals surface area contributed by atoms with Crippen molar-refractivity contribution in [2.45, 2.75) is 58.0 Å². The van der Waals surface area contributed by atoms with E-state index in [0.29, 0.717) is 18.0 Å². The van der Waals surface area contributed by atoms with E-state index in [1.165, 1.54) is 12.1 Å². The van der Waals surface area contributed by atoms with Crippen molar-refractivity contribution in [1.29, 1.82) is 0 Å². The summed E-state index contributed by atoms with van der Waals surface area (Å²) in [5, 5.41) is 0. The highest BCUT2D eigenvalue weighted by molar-refractivity contribution is 5.80. The van der Waals surface area contributed by atoms with Gasteiger partial charge in [0, 0.05) is 42.8 Å². The minimum absolute atomic E-state index is 0.190. The molecule has 4 heteroatoms. The van der Waals surface area contributed by atoms with Gasteiger partial charge in [-0.25, -0.2) is 0 Å². The Hall–Kier alpha value is -1.71. The molecule has 0 aliphatic carbocycles. The van der Waals surface area contributed by atoms with Crippen molar-refractivity contribution in [3.63, 3.8) is 0 Å². The average Bonchev–Trinajstić information content (AvgIpc) is 2.61. The quantitative estimate of drug-likeness (QED) is 0.847. The van der Waals surface area contributed by atoms with Crippen molar-refractivity contribution >= 4 is 11.6 Å². The molecule has 0 aromatic heterocycles. The summed E-state index contributed by atoms with van der Waals surface area (Å²) in [5.41, 5.74) is 1.19. The molecule has 0 N–H and O–H groups in total. The van der Waals surface area contributed by atoms with Crippen LogP contribution in [0.5, 0.6) is 5.75 Å². The Morgan fingerprint density at radius 1 is 1.08 bits per heavy atom. The third-order valence-corrected chi connectivity index (χ3v) is 5.71. The first-order chi connectivity index (χ1) is 11.6. The summed E-state index contributed by atoms with van der Waals surface area (Å²) in [7, 11) is 1.70. The molecule has 2 saturated heterocycles. The summed E-state index contributed by atoms with van der Waals surface area (Å²) in [4.78, 5) is 17.6. The lowest BCUT2D eigenvalue weighted by atomic mass is 9.90. The zero-order chi connectivity index (χ0) is 17.1. The third-order valence-electron chi connectivity index (χ3n) is 5.71. The van der Waals surface area contributed by atoms with E-state index in [4.69, 9.17) is 4.74 Å². The van der Waals surface area contributed by atoms with E-state index in [-0.39, 0.29) is 5.92 Å². The summed E-state index contributed by atoms with van der Waals surface area (Å²) in [6.07, 6.45) is 5.45. The van der Waals surface area contributed by atoms with Crippen LogP contribution in [0, 0.1) is 5.92 Å². The fourth-order valence-electron chi connectivity index (χ4n) is 4.26. The molecule has 24 heavy (non-hydrogen) atoms. The van der Waals surface area contributed by atoms with Gasteiger partial charge in [-0.2, -0.15) is 0 Å². The molecule has 2 aliphatic rings. The standard InChI is InChI=1S/C20H30N2O2/c1-15-6-4-7-16(2)22(15)20(23)17-10-12-21(13-11-17)18-8-5-9-19(14-18)24-3/h5,8-9,14-17H,4,6-7,10-13H2,1-3H3. The summed E-state index contributed by atoms with van der Waals surface area (Å²) in [5.74, 6) is 1.47. The van der Waals surface area contributed by atoms with Crippen LogP contribution in [-0.4, -0.2) is 43.1 Å². The molecule has 0 radical (unpaired) electrons. The largest absolute Gasteiger partial charge is 0.497 e. The zero-order valence-electron chi connectivity index (χ0n) is 15.2. The summed E-state index contributed by atoms with van der Waals surface area (Å²) >= 11 is 0. The van der Waals surface area contributed by atoms with Crippen LogP contribution < -0.4 is 9.64 Å². The molecular formula is C20H30N2O2. The van der Waals surface area contributed by atoms with Gasteiger partial charge in [0.2, 0.25) is 5.91 Å². The van der Waals surface area contributed by atoms with E-state index in [2.05, 4.69) is 35.8 Å². The molecule has 2 unspecified atom stereocenters. The lowest BCUT2D eigenvalue weighted by Crippen LogP contribution is -2.51. The van der Waals surface area contributed by atoms with Gasteiger partial charge < -0.3 is 14.5 Å². The predicted molar refractivity (Wildman–Crippen MR) is 97.6 cm³/mol. The lowest BCUT2D eigenvalue weighted by molar-refractivity contribution is -0.142. The molecule has 2 fully saturated rings. The highest BCUT2D eigenvalue weighted by atomic mass is 16.5. The number of hydrogen-bond donors (Lipinski definition) is 0. The number of nitrogens with zero attached hydrogens (tertiary/aromatic N) is 2. The highest BCUT2D eigenvalue weighted by Crippen LogP contribution is 2.30. The number of hydrogen-bond acceptors (Lipinski definition) is 3. The van der Waals surface area contributed by atoms with Crippen molar-refractivity contribution in [2.75, 3.05) is 25.1 Å². The normalized spacial score (nSPS) is 25.6. The third kappa shape index (κ3) is 3.52. The number of ether oxygens (including phenoxy) is 1. The van der Waals surface area contributed by atoms with Gasteiger partial charge in [0.25, 0.3) is 0 Å². The Morgan fingerprint density at radius 3 is 2.38 bits per heavy atom. The molecule has 2 atom stereocenters. The maximum absolute atomic E-state index is 13.0. The highest BCUT2D eigenvalue weighted by Gasteiger charge is 2.34. The maximum atomic E-state index is 13.0. The molecule has 2 heterocycles. The molecule has 0 spiro atoms. The van der Waals surface area contributed by atoms with Crippen LogP contribution in [0.4, 0.5) is 5.69 Å². The van der Waals surface area contributed by atoms with Gasteiger partial charge in [0.1, 0.15) is 5.75 Å². The predicted octanol–water partition coefficient (Wildman–Crippen LogP) is 3.70. The van der Waals surface area contributed by atoms with Gasteiger partial charge in [0.15, 0.2) is 0 Å². The fraction of sp³-hybridized carbons (Fsp3) is 0.650. The number of carbonyl (C=O) groups excluding carboxylic acids is 1. The van der Waals surface area contributed by atoms with Gasteiger partial charge in [0.05, 0.1) is 7.11 Å². The number of amides is 1. The Balaban J connectivity index is 1.61. The van der Waals surface area contributed by atoms with Gasteiger partial charge in [-0.05, 0) is 58.1 Å². The first kappa shape index (κ1) is 17.1. The maximum Gasteiger partial charge on any atom is 0.226 e. The van der Waals surface area contributed by atoms with Crippen LogP contribution in [0.15, 0.2) is 24.3 Å². The van der Waals surface area contributed by atoms with Crippen molar-refractivity contribution in [1.82, 2.24) is 4.90 Å². The Kier molecular flexibility index (Phi) is 5.32. The smallest absolute Gasteiger partial charge is 0.226 e. The minimum Gasteiger partial charge on any atom is -0.497 e. The Morgan fingerprint density at radius 2 is 1.75 bits per heavy atom. The summed E-state index contributed by atoms with van der Waals surface area (Å²) < 4.78 is 5.32. The SMILES string of the molecule is COc1cccc(N2CCC(C(=O)N3C(C)CCCC3C)CC2)c1. The van der Waals surface area contributed by atoms with Gasteiger partial charge in [-0.15, -0.1) is 0 Å². The molecular weight excluding hydrogens is 300 g/mol. The van der Waals surface area contributed by atoms with E-state index in [0.717, 1.165) is 44.5 Å². The van der Waals surface area contributed by atoms with E-state index in [9.17, 15) is 4.79 Å². The topological polar surface area (TPSA) is 32.8 Å². The van der Waals surface area contributed by atoms with Crippen LogP contribution in [-0.2, 0) is 4.79 Å². The number of piperidine rings is 2. The molecule has 0 bridgehead atoms. The van der Waals surface area contributed by atoms with Crippen molar-refractivity contribution < 1.29 is 9.53 Å². The van der Waals surface area contributed by atoms with Crippen LogP contribution >= 0.6 is 0 Å². The van der Waals surface area contributed by atoms with Gasteiger partial charge in [-0.3, -0.25) is 4.79 Å². The number of likely N-dealkylation sites (tertiary alicyclic amines) is 1. The van der Waals surface area contributed by atoms with E-state index in [1.54, 1.807) is 7.11 Å². The van der Waals surface area contributed by atoms with Gasteiger partial charge in [-0.1, -0.05) is 6.07 Å². The second-order valence-electron chi connectivity index (χ2n) is 7.34. The van der Waals surface area contributed by atoms with Crippen LogP contribution in [0.25, 0.3) is 0 Å². The van der Waals surface area contributed by atoms with Gasteiger partial charge >= 0.3 is 0 Å². The minimum atomic E-state index is 0.190. The van der Waals surface area contributed by atoms with Crippen LogP contribution in [0.3, 0.4) is 0 Å². The molecule has 132 valence electrons. The second kappa shape index (κ2) is 7.45. The molecule has 4 nitrogen and oxygen atoms in total. The van der Waals surface area contributed by atoms with Crippen molar-refractivity contribution in [3.8, 4) is 5.75 Å². The summed E-state index contributed by atoms with van der Waals surface area (Å²) in [6.45, 7) is 6.30. The van der Waals surface area contributed by atoms with E-state index in [1.807, 2.05) is 12.1 Å². The first-order valence-electron chi connectivity index (χ1n) is 9.31. The lowest BCUT2D eigenvalue weighted by Gasteiger charge is -2.42. The molecule has 1 amide bonds. The van der Waals surface area contributed by atoms with Crippen LogP contribution in [0.2, 0.25) is 0 Å². The number of rotatable bonds is 3. The first-order valence-corrected chi connectivity index (χ1v) is 9.31. The van der Waals surface area contributed by atoms with E-state index < -0.39 is 0 Å². The Labute approximate surface area is 145 Å². The number of methoxy groups -OCH3 is 1. The molecule has 3 rings (SSSR count). The average molecular weight is 330 g/mol. The number of benzene rings is 1. The molecule has 2 aliphatic heterocycles. The van der Waals surface area contributed by atoms with Crippen LogP contribution in [0.1, 0.15) is 46.0 Å². The van der Waals surface area contributed by atoms with Crippen molar-refractivity contribution in [2.24, 2.45) is 5.92 Å². The van der Waals surface area contributed by atoms with Crippen molar-refractivity contribution in [3.05, 3.63) is 24.3 Å². The molecule has 1 aromatic carbocycles. The number of carbonyl (C=O) groups is 1. The fourth-order valence-corrected chi connectivity index (χ4v) is 4.26. The Bertz CT molecular complexity index is 557. The molecule has 0 saturated carbocycles. The monoisotopic (exact) mass is 330 g/mol. The van der Waals surface area contributed by atoms with E-state index >= 15 is 0 Å². The second-order valence-corrected chi connectivity index (χ2v) is 7.34. The zero-order valence-corrected chi connectivity index (χ0v) is 15.2. The number of anilines is 1.